The predicted octanol–water partition coefficient (Wildman–Crippen LogP) is 2.74. The predicted molar refractivity (Wildman–Crippen MR) is 76.2 cm³/mol. The molecule has 0 fully saturated rings. The fourth-order valence-corrected chi connectivity index (χ4v) is 2.09. The van der Waals surface area contributed by atoms with Gasteiger partial charge in [-0.25, -0.2) is 9.37 Å². The fourth-order valence-electron chi connectivity index (χ4n) is 1.76. The maximum atomic E-state index is 13.8. The van der Waals surface area contributed by atoms with Crippen molar-refractivity contribution in [2.75, 3.05) is 11.9 Å². The zero-order valence-electron chi connectivity index (χ0n) is 10.6. The van der Waals surface area contributed by atoms with E-state index < -0.39 is 5.82 Å². The summed E-state index contributed by atoms with van der Waals surface area (Å²) in [6.07, 6.45) is 1.45. The quantitative estimate of drug-likeness (QED) is 0.395. The first kappa shape index (κ1) is 14.1. The first-order chi connectivity index (χ1) is 9.56. The summed E-state index contributed by atoms with van der Waals surface area (Å²) >= 11 is 6.18. The second-order valence-electron chi connectivity index (χ2n) is 3.99. The van der Waals surface area contributed by atoms with E-state index in [4.69, 9.17) is 22.5 Å². The Labute approximate surface area is 120 Å². The van der Waals surface area contributed by atoms with E-state index in [-0.39, 0.29) is 10.9 Å². The molecule has 0 bridgehead atoms. The molecule has 2 aromatic rings. The van der Waals surface area contributed by atoms with Gasteiger partial charge in [0.25, 0.3) is 0 Å². The molecule has 1 aromatic heterocycles. The first-order valence-corrected chi connectivity index (χ1v) is 6.04. The third-order valence-corrected chi connectivity index (χ3v) is 3.16. The number of nitrogens with zero attached hydrogens (tertiary/aromatic N) is 3. The van der Waals surface area contributed by atoms with E-state index in [1.807, 2.05) is 0 Å². The number of pyridine rings is 1. The number of anilines is 2. The van der Waals surface area contributed by atoms with Crippen molar-refractivity contribution in [2.24, 2.45) is 10.9 Å². The smallest absolute Gasteiger partial charge is 0.171 e. The van der Waals surface area contributed by atoms with Gasteiger partial charge in [-0.15, -0.1) is 0 Å². The lowest BCUT2D eigenvalue weighted by molar-refractivity contribution is 0.318. The molecule has 0 atom stereocenters. The Bertz CT molecular complexity index is 663. The minimum Gasteiger partial charge on any atom is -0.409 e. The summed E-state index contributed by atoms with van der Waals surface area (Å²) in [5.41, 5.74) is 6.17. The average Bonchev–Trinajstić information content (AvgIpc) is 2.46. The number of nitrogens with two attached hydrogens (primary N) is 1. The number of amidine groups is 1. The summed E-state index contributed by atoms with van der Waals surface area (Å²) in [4.78, 5) is 5.60. The Kier molecular flexibility index (Phi) is 4.05. The van der Waals surface area contributed by atoms with Crippen LogP contribution in [-0.2, 0) is 0 Å². The Morgan fingerprint density at radius 3 is 2.75 bits per heavy atom. The number of halogens is 2. The van der Waals surface area contributed by atoms with E-state index in [0.29, 0.717) is 17.1 Å². The van der Waals surface area contributed by atoms with Gasteiger partial charge in [-0.1, -0.05) is 28.9 Å². The normalized spacial score (nSPS) is 11.4. The van der Waals surface area contributed by atoms with Crippen LogP contribution in [0.3, 0.4) is 0 Å². The van der Waals surface area contributed by atoms with Gasteiger partial charge in [-0.05, 0) is 18.2 Å². The van der Waals surface area contributed by atoms with Crippen LogP contribution < -0.4 is 10.6 Å². The monoisotopic (exact) mass is 294 g/mol. The number of benzene rings is 1. The molecule has 0 saturated heterocycles. The Hall–Kier alpha value is -2.34. The molecule has 0 radical (unpaired) electrons. The summed E-state index contributed by atoms with van der Waals surface area (Å²) in [7, 11) is 1.63. The molecule has 0 aliphatic rings. The number of aromatic nitrogens is 1. The first-order valence-electron chi connectivity index (χ1n) is 5.67. The summed E-state index contributed by atoms with van der Waals surface area (Å²) in [6.45, 7) is 0. The molecular formula is C13H12ClFN4O. The van der Waals surface area contributed by atoms with Gasteiger partial charge >= 0.3 is 0 Å². The molecule has 5 nitrogen and oxygen atoms in total. The van der Waals surface area contributed by atoms with Gasteiger partial charge in [0.1, 0.15) is 5.82 Å². The zero-order chi connectivity index (χ0) is 14.7. The number of hydrogen-bond acceptors (Lipinski definition) is 4. The molecule has 104 valence electrons. The molecule has 0 amide bonds. The summed E-state index contributed by atoms with van der Waals surface area (Å²) in [6, 6.07) is 7.75. The van der Waals surface area contributed by atoms with Crippen molar-refractivity contribution in [3.63, 3.8) is 0 Å². The van der Waals surface area contributed by atoms with Crippen LogP contribution in [0, 0.1) is 5.82 Å². The summed E-state index contributed by atoms with van der Waals surface area (Å²) in [5.74, 6) is -0.233. The zero-order valence-corrected chi connectivity index (χ0v) is 11.3. The van der Waals surface area contributed by atoms with Crippen molar-refractivity contribution in [1.29, 1.82) is 0 Å². The molecule has 3 N–H and O–H groups in total. The van der Waals surface area contributed by atoms with Crippen molar-refractivity contribution in [3.8, 4) is 0 Å². The van der Waals surface area contributed by atoms with Gasteiger partial charge in [0, 0.05) is 18.8 Å². The largest absolute Gasteiger partial charge is 0.409 e. The lowest BCUT2D eigenvalue weighted by atomic mass is 10.2. The highest BCUT2D eigenvalue weighted by Gasteiger charge is 2.17. The third-order valence-electron chi connectivity index (χ3n) is 2.79. The van der Waals surface area contributed by atoms with Gasteiger partial charge in [-0.2, -0.15) is 0 Å². The number of oxime groups is 1. The molecule has 0 saturated carbocycles. The van der Waals surface area contributed by atoms with Gasteiger partial charge in [0.05, 0.1) is 10.7 Å². The molecule has 20 heavy (non-hydrogen) atoms. The molecule has 0 unspecified atom stereocenters. The van der Waals surface area contributed by atoms with E-state index in [9.17, 15) is 4.39 Å². The van der Waals surface area contributed by atoms with Crippen LogP contribution >= 0.6 is 11.6 Å². The van der Waals surface area contributed by atoms with E-state index in [1.54, 1.807) is 25.2 Å². The third kappa shape index (κ3) is 2.50. The summed E-state index contributed by atoms with van der Waals surface area (Å²) < 4.78 is 13.8. The molecule has 0 aliphatic carbocycles. The molecule has 2 rings (SSSR count). The van der Waals surface area contributed by atoms with Crippen LogP contribution in [0.5, 0.6) is 0 Å². The number of rotatable bonds is 3. The minimum absolute atomic E-state index is 0.138. The van der Waals surface area contributed by atoms with Gasteiger partial charge in [0.15, 0.2) is 11.7 Å². The van der Waals surface area contributed by atoms with Crippen LogP contribution in [0.15, 0.2) is 41.7 Å². The van der Waals surface area contributed by atoms with Crippen molar-refractivity contribution in [1.82, 2.24) is 4.98 Å². The molecule has 7 heteroatoms. The van der Waals surface area contributed by atoms with Crippen LogP contribution in [0.25, 0.3) is 0 Å². The lowest BCUT2D eigenvalue weighted by Gasteiger charge is -2.20. The molecule has 1 aromatic carbocycles. The van der Waals surface area contributed by atoms with Crippen LogP contribution in [0.4, 0.5) is 15.9 Å². The molecule has 1 heterocycles. The molecule has 0 aliphatic heterocycles. The second kappa shape index (κ2) is 5.75. The van der Waals surface area contributed by atoms with E-state index in [2.05, 4.69) is 10.1 Å². The van der Waals surface area contributed by atoms with Crippen molar-refractivity contribution >= 4 is 28.9 Å². The Balaban J connectivity index is 2.51. The highest BCUT2D eigenvalue weighted by Crippen LogP contribution is 2.31. The van der Waals surface area contributed by atoms with Gasteiger partial charge in [0.2, 0.25) is 0 Å². The number of hydrogen-bond donors (Lipinski definition) is 2. The van der Waals surface area contributed by atoms with E-state index in [1.165, 1.54) is 23.2 Å². The van der Waals surface area contributed by atoms with Gasteiger partial charge in [-0.3, -0.25) is 0 Å². The maximum Gasteiger partial charge on any atom is 0.171 e. The fraction of sp³-hybridized carbons (Fsp3) is 0.0769. The highest BCUT2D eigenvalue weighted by molar-refractivity contribution is 6.36. The van der Waals surface area contributed by atoms with E-state index >= 15 is 0 Å². The van der Waals surface area contributed by atoms with Gasteiger partial charge < -0.3 is 15.8 Å². The SMILES string of the molecule is CN(c1ccccc1F)c1nccc(/C(N)=N/O)c1Cl. The summed E-state index contributed by atoms with van der Waals surface area (Å²) in [5, 5.41) is 11.8. The maximum absolute atomic E-state index is 13.8. The standard InChI is InChI=1S/C13H12ClFN4O/c1-19(10-5-3-2-4-9(10)15)13-11(14)8(6-7-17-13)12(16)18-20/h2-7,20H,1H3,(H2,16,18). The Morgan fingerprint density at radius 2 is 2.10 bits per heavy atom. The second-order valence-corrected chi connectivity index (χ2v) is 4.37. The number of para-hydroxylation sites is 1. The average molecular weight is 295 g/mol. The topological polar surface area (TPSA) is 74.7 Å². The van der Waals surface area contributed by atoms with Crippen molar-refractivity contribution < 1.29 is 9.60 Å². The lowest BCUT2D eigenvalue weighted by Crippen LogP contribution is -2.18. The highest BCUT2D eigenvalue weighted by atomic mass is 35.5. The Morgan fingerprint density at radius 1 is 1.40 bits per heavy atom. The molecule has 0 spiro atoms. The van der Waals surface area contributed by atoms with Crippen LogP contribution in [0.1, 0.15) is 5.56 Å². The van der Waals surface area contributed by atoms with Crippen LogP contribution in [0.2, 0.25) is 5.02 Å². The minimum atomic E-state index is -0.401. The molecular weight excluding hydrogens is 283 g/mol. The van der Waals surface area contributed by atoms with Crippen LogP contribution in [-0.4, -0.2) is 23.1 Å². The van der Waals surface area contributed by atoms with E-state index in [0.717, 1.165) is 0 Å². The van der Waals surface area contributed by atoms with Crippen molar-refractivity contribution in [2.45, 2.75) is 0 Å². The van der Waals surface area contributed by atoms with Crippen molar-refractivity contribution in [3.05, 3.63) is 52.9 Å².